The van der Waals surface area contributed by atoms with Gasteiger partial charge in [-0.15, -0.1) is 6.58 Å². The number of hydrogen-bond donors (Lipinski definition) is 1. The summed E-state index contributed by atoms with van der Waals surface area (Å²) in [6.07, 6.45) is 9.52. The maximum Gasteiger partial charge on any atom is 0.169 e. The topological polar surface area (TPSA) is 57.6 Å². The second-order valence-electron chi connectivity index (χ2n) is 13.9. The van der Waals surface area contributed by atoms with Crippen molar-refractivity contribution in [3.05, 3.63) is 167 Å². The molecule has 0 saturated carbocycles. The molecule has 4 aliphatic rings. The Bertz CT molecular complexity index is 1800. The number of quaternary nitrogens is 1. The van der Waals surface area contributed by atoms with Gasteiger partial charge in [0.25, 0.3) is 0 Å². The minimum absolute atomic E-state index is 0.191. The van der Waals surface area contributed by atoms with Gasteiger partial charge in [-0.1, -0.05) is 110 Å². The van der Waals surface area contributed by atoms with Crippen LogP contribution in [0.25, 0.3) is 0 Å². The molecule has 0 spiro atoms. The summed E-state index contributed by atoms with van der Waals surface area (Å²) in [4.78, 5) is 27.4. The lowest BCUT2D eigenvalue weighted by Crippen LogP contribution is -2.54. The molecule has 5 heteroatoms. The Morgan fingerprint density at radius 1 is 0.653 bits per heavy atom. The number of carbonyl (C=O) groups excluding carboxylic acids is 2. The van der Waals surface area contributed by atoms with Crippen LogP contribution in [0.4, 0.5) is 0 Å². The van der Waals surface area contributed by atoms with Gasteiger partial charge in [0.05, 0.1) is 26.1 Å². The molecule has 0 bridgehead atoms. The monoisotopic (exact) mass is 653 g/mol. The highest BCUT2D eigenvalue weighted by Crippen LogP contribution is 2.44. The number of aliphatic hydroxyl groups is 1. The van der Waals surface area contributed by atoms with E-state index < -0.39 is 0 Å². The number of nitrogens with zero attached hydrogens (tertiary/aromatic N) is 2. The minimum Gasteiger partial charge on any atom is -0.400 e. The number of benzene rings is 4. The lowest BCUT2D eigenvalue weighted by molar-refractivity contribution is -0.955. The van der Waals surface area contributed by atoms with E-state index in [4.69, 9.17) is 5.11 Å². The molecule has 5 nitrogen and oxygen atoms in total. The van der Waals surface area contributed by atoms with Crippen LogP contribution in [0.15, 0.2) is 122 Å². The fourth-order valence-corrected chi connectivity index (χ4v) is 8.91. The highest BCUT2D eigenvalue weighted by Gasteiger charge is 2.47. The summed E-state index contributed by atoms with van der Waals surface area (Å²) in [5.74, 6) is 0.565. The Kier molecular flexibility index (Phi) is 10.5. The van der Waals surface area contributed by atoms with E-state index in [-0.39, 0.29) is 17.9 Å². The van der Waals surface area contributed by atoms with E-state index in [1.807, 2.05) is 42.5 Å². The highest BCUT2D eigenvalue weighted by molar-refractivity contribution is 6.01. The predicted molar refractivity (Wildman–Crippen MR) is 198 cm³/mol. The fraction of sp³-hybridized carbons (Fsp3) is 0.318. The second-order valence-corrected chi connectivity index (χ2v) is 13.9. The van der Waals surface area contributed by atoms with Gasteiger partial charge < -0.3 is 9.59 Å². The summed E-state index contributed by atoms with van der Waals surface area (Å²) in [5.41, 5.74) is 10.1. The molecule has 252 valence electrons. The first-order valence-electron chi connectivity index (χ1n) is 17.6. The maximum atomic E-state index is 12.5. The Hall–Kier alpha value is -4.42. The molecular weight excluding hydrogens is 604 g/mol. The standard InChI is InChI=1S/C22H24NO.C21H21NO.CH4O/c1-3-12-23(2,18-13-16-8-4-5-9-17(16)14-18)21-15-22(24)20-11-7-6-10-19(20)21;1-2-11-22(17-12-15-7-3-4-8-16(15)13-17)20-14-21(23)19-10-6-5-9-18(19)20;1-2/h3-11,18,21H,1,12-15H2,2H3;2-10,17,20H,1,11-14H2;2H,1H3/q+1;;. The number of hydrogen-bond acceptors (Lipinski definition) is 4. The lowest BCUT2D eigenvalue weighted by Gasteiger charge is -2.44. The van der Waals surface area contributed by atoms with Gasteiger partial charge in [-0.25, -0.2) is 0 Å². The molecule has 0 aromatic heterocycles. The van der Waals surface area contributed by atoms with Crippen molar-refractivity contribution >= 4 is 11.6 Å². The fourth-order valence-electron chi connectivity index (χ4n) is 8.91. The third-order valence-corrected chi connectivity index (χ3v) is 11.3. The molecule has 8 rings (SSSR count). The number of fused-ring (bicyclic) bond motifs is 4. The zero-order valence-electron chi connectivity index (χ0n) is 28.9. The first kappa shape index (κ1) is 34.4. The van der Waals surface area contributed by atoms with Crippen molar-refractivity contribution in [2.45, 2.75) is 62.7 Å². The predicted octanol–water partition coefficient (Wildman–Crippen LogP) is 7.69. The maximum absolute atomic E-state index is 12.5. The van der Waals surface area contributed by atoms with Crippen LogP contribution < -0.4 is 0 Å². The SMILES string of the molecule is C=CCN(C1Cc2ccccc2C1)C1CC(=O)c2ccccc21.C=CC[N+](C)(C1Cc2ccccc2C1)C1CC(=O)c2ccccc21.CO. The highest BCUT2D eigenvalue weighted by atomic mass is 16.2. The van der Waals surface area contributed by atoms with Gasteiger partial charge in [-0.2, -0.15) is 0 Å². The Balaban J connectivity index is 0.000000162. The summed E-state index contributed by atoms with van der Waals surface area (Å²) >= 11 is 0. The van der Waals surface area contributed by atoms with Crippen LogP contribution in [0, 0.1) is 0 Å². The second kappa shape index (κ2) is 15.0. The molecular formula is C44H49N2O3+. The molecule has 49 heavy (non-hydrogen) atoms. The average Bonchev–Trinajstić information content (AvgIpc) is 3.92. The Morgan fingerprint density at radius 3 is 1.67 bits per heavy atom. The van der Waals surface area contributed by atoms with Crippen molar-refractivity contribution in [3.8, 4) is 0 Å². The normalized spacial score (nSPS) is 20.2. The third kappa shape index (κ3) is 6.63. The number of likely N-dealkylation sites (N-methyl/N-ethyl adjacent to an activating group) is 1. The van der Waals surface area contributed by atoms with E-state index in [0.29, 0.717) is 30.7 Å². The number of aliphatic hydroxyl groups excluding tert-OH is 1. The van der Waals surface area contributed by atoms with E-state index in [9.17, 15) is 9.59 Å². The van der Waals surface area contributed by atoms with Crippen LogP contribution in [-0.4, -0.2) is 65.4 Å². The number of Topliss-reactive ketones (excluding diaryl/α,β-unsaturated/α-hetero) is 2. The van der Waals surface area contributed by atoms with Crippen molar-refractivity contribution in [1.82, 2.24) is 4.90 Å². The molecule has 0 amide bonds. The summed E-state index contributed by atoms with van der Waals surface area (Å²) in [7, 11) is 3.32. The number of ketones is 2. The van der Waals surface area contributed by atoms with E-state index in [0.717, 1.165) is 61.5 Å². The van der Waals surface area contributed by atoms with Crippen LogP contribution in [0.2, 0.25) is 0 Å². The summed E-state index contributed by atoms with van der Waals surface area (Å²) in [5, 5.41) is 7.00. The van der Waals surface area contributed by atoms with E-state index >= 15 is 0 Å². The van der Waals surface area contributed by atoms with E-state index in [2.05, 4.69) is 91.8 Å². The van der Waals surface area contributed by atoms with Crippen molar-refractivity contribution < 1.29 is 19.2 Å². The van der Waals surface area contributed by atoms with Crippen molar-refractivity contribution in [2.24, 2.45) is 0 Å². The zero-order valence-corrected chi connectivity index (χ0v) is 28.9. The molecule has 0 aliphatic heterocycles. The largest absolute Gasteiger partial charge is 0.400 e. The summed E-state index contributed by atoms with van der Waals surface area (Å²) in [6.45, 7) is 9.67. The lowest BCUT2D eigenvalue weighted by atomic mass is 9.99. The molecule has 4 aromatic rings. The van der Waals surface area contributed by atoms with Crippen LogP contribution in [0.1, 0.15) is 79.0 Å². The average molecular weight is 654 g/mol. The number of rotatable bonds is 8. The molecule has 0 heterocycles. The number of carbonyl (C=O) groups is 2. The van der Waals surface area contributed by atoms with Crippen LogP contribution >= 0.6 is 0 Å². The smallest absolute Gasteiger partial charge is 0.169 e. The Morgan fingerprint density at radius 2 is 1.12 bits per heavy atom. The van der Waals surface area contributed by atoms with Gasteiger partial charge in [0.2, 0.25) is 0 Å². The molecule has 3 atom stereocenters. The molecule has 1 N–H and O–H groups in total. The third-order valence-electron chi connectivity index (χ3n) is 11.3. The van der Waals surface area contributed by atoms with Crippen LogP contribution in [0.5, 0.6) is 0 Å². The molecule has 4 aromatic carbocycles. The van der Waals surface area contributed by atoms with Crippen molar-refractivity contribution in [1.29, 1.82) is 0 Å². The molecule has 3 unspecified atom stereocenters. The first-order valence-corrected chi connectivity index (χ1v) is 17.6. The van der Waals surface area contributed by atoms with Gasteiger partial charge in [-0.05, 0) is 46.7 Å². The van der Waals surface area contributed by atoms with Gasteiger partial charge in [0.15, 0.2) is 11.6 Å². The summed E-state index contributed by atoms with van der Waals surface area (Å²) in [6, 6.07) is 35.1. The molecule has 0 radical (unpaired) electrons. The van der Waals surface area contributed by atoms with Gasteiger partial charge in [0.1, 0.15) is 6.04 Å². The quantitative estimate of drug-likeness (QED) is 0.157. The summed E-state index contributed by atoms with van der Waals surface area (Å²) < 4.78 is 0.876. The molecule has 0 saturated heterocycles. The zero-order chi connectivity index (χ0) is 34.5. The van der Waals surface area contributed by atoms with Gasteiger partial charge >= 0.3 is 0 Å². The van der Waals surface area contributed by atoms with Crippen molar-refractivity contribution in [3.63, 3.8) is 0 Å². The van der Waals surface area contributed by atoms with Crippen molar-refractivity contribution in [2.75, 3.05) is 27.2 Å². The molecule has 0 fully saturated rings. The van der Waals surface area contributed by atoms with Crippen LogP contribution in [-0.2, 0) is 25.7 Å². The first-order chi connectivity index (χ1) is 23.9. The Labute approximate surface area is 291 Å². The molecule has 4 aliphatic carbocycles. The van der Waals surface area contributed by atoms with Crippen LogP contribution in [0.3, 0.4) is 0 Å². The van der Waals surface area contributed by atoms with E-state index in [1.54, 1.807) is 0 Å². The van der Waals surface area contributed by atoms with Gasteiger partial charge in [-0.3, -0.25) is 14.5 Å². The van der Waals surface area contributed by atoms with Gasteiger partial charge in [0, 0.05) is 61.7 Å². The van der Waals surface area contributed by atoms with E-state index in [1.165, 1.54) is 33.4 Å². The minimum atomic E-state index is 0.191.